The number of rotatable bonds is 9. The van der Waals surface area contributed by atoms with Gasteiger partial charge in [-0.1, -0.05) is 52.3 Å². The molecule has 136 valence electrons. The molecule has 0 N–H and O–H groups in total. The maximum Gasteiger partial charge on any atom is 0.312 e. The largest absolute Gasteiger partial charge is 0.491 e. The van der Waals surface area contributed by atoms with Gasteiger partial charge in [-0.25, -0.2) is 0 Å². The second-order valence-electron chi connectivity index (χ2n) is 7.41. The van der Waals surface area contributed by atoms with E-state index in [9.17, 15) is 4.79 Å². The van der Waals surface area contributed by atoms with Gasteiger partial charge in [0, 0.05) is 7.11 Å². The average Bonchev–Trinajstić information content (AvgIpc) is 2.54. The summed E-state index contributed by atoms with van der Waals surface area (Å²) in [5.41, 5.74) is -0.677. The number of ether oxygens (including phenoxy) is 3. The van der Waals surface area contributed by atoms with E-state index in [1.807, 2.05) is 37.3 Å². The molecule has 0 saturated heterocycles. The van der Waals surface area contributed by atoms with Crippen LogP contribution in [0.15, 0.2) is 30.3 Å². The van der Waals surface area contributed by atoms with Gasteiger partial charge in [-0.15, -0.1) is 0 Å². The van der Waals surface area contributed by atoms with Crippen LogP contribution in [0.5, 0.6) is 5.75 Å². The van der Waals surface area contributed by atoms with E-state index in [0.717, 1.165) is 18.6 Å². The van der Waals surface area contributed by atoms with Crippen molar-refractivity contribution in [1.29, 1.82) is 0 Å². The zero-order valence-corrected chi connectivity index (χ0v) is 15.9. The van der Waals surface area contributed by atoms with E-state index in [1.54, 1.807) is 7.11 Å². The summed E-state index contributed by atoms with van der Waals surface area (Å²) in [4.78, 5) is 12.7. The molecular weight excluding hydrogens is 304 g/mol. The molecule has 1 aromatic rings. The molecule has 0 spiro atoms. The van der Waals surface area contributed by atoms with Gasteiger partial charge in [-0.2, -0.15) is 0 Å². The smallest absolute Gasteiger partial charge is 0.312 e. The Morgan fingerprint density at radius 3 is 2.21 bits per heavy atom. The number of carbonyl (C=O) groups excluding carboxylic acids is 1. The Morgan fingerprint density at radius 2 is 1.71 bits per heavy atom. The lowest BCUT2D eigenvalue weighted by molar-refractivity contribution is -0.166. The molecule has 4 heteroatoms. The second-order valence-corrected chi connectivity index (χ2v) is 7.41. The highest BCUT2D eigenvalue weighted by Crippen LogP contribution is 2.43. The van der Waals surface area contributed by atoms with Gasteiger partial charge < -0.3 is 14.2 Å². The molecule has 1 aromatic carbocycles. The van der Waals surface area contributed by atoms with Gasteiger partial charge in [-0.05, 0) is 30.9 Å². The third kappa shape index (κ3) is 5.52. The zero-order valence-electron chi connectivity index (χ0n) is 15.9. The SMILES string of the molecule is CCCC(C)(C(=O)OCC(COc1ccccc1)OC)C(C)(C)C. The van der Waals surface area contributed by atoms with Crippen LogP contribution in [0, 0.1) is 10.8 Å². The molecule has 1 rings (SSSR count). The van der Waals surface area contributed by atoms with Gasteiger partial charge in [-0.3, -0.25) is 4.79 Å². The Balaban J connectivity index is 2.58. The van der Waals surface area contributed by atoms with Gasteiger partial charge >= 0.3 is 5.97 Å². The first kappa shape index (κ1) is 20.5. The summed E-state index contributed by atoms with van der Waals surface area (Å²) >= 11 is 0. The number of para-hydroxylation sites is 1. The molecule has 24 heavy (non-hydrogen) atoms. The van der Waals surface area contributed by atoms with Crippen molar-refractivity contribution in [3.8, 4) is 5.75 Å². The lowest BCUT2D eigenvalue weighted by Crippen LogP contribution is -2.43. The molecule has 4 nitrogen and oxygen atoms in total. The van der Waals surface area contributed by atoms with Crippen LogP contribution in [0.3, 0.4) is 0 Å². The molecule has 0 bridgehead atoms. The molecule has 2 atom stereocenters. The summed E-state index contributed by atoms with van der Waals surface area (Å²) in [6.45, 7) is 10.8. The van der Waals surface area contributed by atoms with Crippen molar-refractivity contribution in [3.05, 3.63) is 30.3 Å². The number of esters is 1. The van der Waals surface area contributed by atoms with E-state index in [-0.39, 0.29) is 24.1 Å². The predicted molar refractivity (Wildman–Crippen MR) is 96.2 cm³/mol. The summed E-state index contributed by atoms with van der Waals surface area (Å²) in [5.74, 6) is 0.606. The topological polar surface area (TPSA) is 44.8 Å². The van der Waals surface area contributed by atoms with Gasteiger partial charge in [0.15, 0.2) is 0 Å². The Bertz CT molecular complexity index is 492. The van der Waals surface area contributed by atoms with Crippen molar-refractivity contribution >= 4 is 5.97 Å². The summed E-state index contributed by atoms with van der Waals surface area (Å²) in [5, 5.41) is 0. The molecular formula is C20H32O4. The molecule has 2 unspecified atom stereocenters. The standard InChI is InChI=1S/C20H32O4/c1-7-13-20(5,19(2,3)4)18(21)24-15-17(22-6)14-23-16-11-9-8-10-12-16/h8-12,17H,7,13-15H2,1-6H3. The Kier molecular flexibility index (Phi) is 7.74. The predicted octanol–water partition coefficient (Wildman–Crippen LogP) is 4.48. The van der Waals surface area contributed by atoms with Crippen molar-refractivity contribution in [2.24, 2.45) is 10.8 Å². The number of benzene rings is 1. The fraction of sp³-hybridized carbons (Fsp3) is 0.650. The molecule has 0 heterocycles. The lowest BCUT2D eigenvalue weighted by Gasteiger charge is -2.39. The number of carbonyl (C=O) groups is 1. The van der Waals surface area contributed by atoms with Crippen LogP contribution >= 0.6 is 0 Å². The fourth-order valence-corrected chi connectivity index (χ4v) is 2.50. The maximum absolute atomic E-state index is 12.7. The van der Waals surface area contributed by atoms with Gasteiger partial charge in [0.05, 0.1) is 5.41 Å². The minimum absolute atomic E-state index is 0.163. The highest BCUT2D eigenvalue weighted by molar-refractivity contribution is 5.77. The third-order valence-electron chi connectivity index (χ3n) is 4.77. The Hall–Kier alpha value is -1.55. The average molecular weight is 336 g/mol. The van der Waals surface area contributed by atoms with Crippen molar-refractivity contribution < 1.29 is 19.0 Å². The van der Waals surface area contributed by atoms with E-state index >= 15 is 0 Å². The van der Waals surface area contributed by atoms with Gasteiger partial charge in [0.2, 0.25) is 0 Å². The van der Waals surface area contributed by atoms with E-state index in [0.29, 0.717) is 6.61 Å². The quantitative estimate of drug-likeness (QED) is 0.624. The molecule has 0 fully saturated rings. The van der Waals surface area contributed by atoms with Crippen LogP contribution < -0.4 is 4.74 Å². The van der Waals surface area contributed by atoms with E-state index in [4.69, 9.17) is 14.2 Å². The van der Waals surface area contributed by atoms with Crippen molar-refractivity contribution in [3.63, 3.8) is 0 Å². The third-order valence-corrected chi connectivity index (χ3v) is 4.77. The summed E-state index contributed by atoms with van der Waals surface area (Å²) in [6.07, 6.45) is 1.45. The van der Waals surface area contributed by atoms with Crippen molar-refractivity contribution in [2.75, 3.05) is 20.3 Å². The molecule has 0 radical (unpaired) electrons. The summed E-state index contributed by atoms with van der Waals surface area (Å²) < 4.78 is 16.6. The minimum atomic E-state index is -0.514. The van der Waals surface area contributed by atoms with Crippen LogP contribution in [0.4, 0.5) is 0 Å². The first-order valence-electron chi connectivity index (χ1n) is 8.62. The Morgan fingerprint density at radius 1 is 1.08 bits per heavy atom. The van der Waals surface area contributed by atoms with Crippen molar-refractivity contribution in [2.45, 2.75) is 53.6 Å². The van der Waals surface area contributed by atoms with E-state index in [1.165, 1.54) is 0 Å². The highest BCUT2D eigenvalue weighted by Gasteiger charge is 2.44. The maximum atomic E-state index is 12.7. The Labute approximate surface area is 146 Å². The van der Waals surface area contributed by atoms with Gasteiger partial charge in [0.1, 0.15) is 25.1 Å². The van der Waals surface area contributed by atoms with Crippen LogP contribution in [0.1, 0.15) is 47.5 Å². The summed E-state index contributed by atoms with van der Waals surface area (Å²) in [6, 6.07) is 9.53. The van der Waals surface area contributed by atoms with Crippen LogP contribution in [0.2, 0.25) is 0 Å². The monoisotopic (exact) mass is 336 g/mol. The number of hydrogen-bond donors (Lipinski definition) is 0. The lowest BCUT2D eigenvalue weighted by atomic mass is 9.65. The van der Waals surface area contributed by atoms with Crippen LogP contribution in [-0.4, -0.2) is 32.4 Å². The van der Waals surface area contributed by atoms with Crippen LogP contribution in [-0.2, 0) is 14.3 Å². The molecule has 0 aromatic heterocycles. The first-order chi connectivity index (χ1) is 11.2. The molecule has 0 amide bonds. The molecule has 0 aliphatic rings. The second kappa shape index (κ2) is 9.07. The van der Waals surface area contributed by atoms with Crippen molar-refractivity contribution in [1.82, 2.24) is 0 Å². The molecule has 0 saturated carbocycles. The highest BCUT2D eigenvalue weighted by atomic mass is 16.6. The normalized spacial score (nSPS) is 15.4. The van der Waals surface area contributed by atoms with E-state index in [2.05, 4.69) is 27.7 Å². The minimum Gasteiger partial charge on any atom is -0.491 e. The summed E-state index contributed by atoms with van der Waals surface area (Å²) in [7, 11) is 1.60. The van der Waals surface area contributed by atoms with E-state index < -0.39 is 5.41 Å². The molecule has 0 aliphatic heterocycles. The van der Waals surface area contributed by atoms with Crippen LogP contribution in [0.25, 0.3) is 0 Å². The number of methoxy groups -OCH3 is 1. The zero-order chi connectivity index (χ0) is 18.2. The number of hydrogen-bond acceptors (Lipinski definition) is 4. The fourth-order valence-electron chi connectivity index (χ4n) is 2.50. The first-order valence-corrected chi connectivity index (χ1v) is 8.62. The van der Waals surface area contributed by atoms with Gasteiger partial charge in [0.25, 0.3) is 0 Å². The molecule has 0 aliphatic carbocycles.